The van der Waals surface area contributed by atoms with Gasteiger partial charge in [0, 0.05) is 107 Å². The van der Waals surface area contributed by atoms with Gasteiger partial charge in [-0.15, -0.1) is 15.3 Å². The number of nitrogens with two attached hydrogens (primary N) is 1. The van der Waals surface area contributed by atoms with Crippen LogP contribution < -0.4 is 5.73 Å². The van der Waals surface area contributed by atoms with Crippen molar-refractivity contribution in [2.75, 3.05) is 5.73 Å². The van der Waals surface area contributed by atoms with Crippen LogP contribution in [0.2, 0.25) is 0 Å². The van der Waals surface area contributed by atoms with Crippen molar-refractivity contribution in [3.05, 3.63) is 109 Å². The van der Waals surface area contributed by atoms with Gasteiger partial charge in [0.15, 0.2) is 11.6 Å². The average Bonchev–Trinajstić information content (AvgIpc) is 3.19. The molecule has 3 radical (unpaired) electrons. The molecule has 0 spiro atoms. The number of aromatic hydroxyl groups is 2. The molecule has 0 saturated heterocycles. The molecule has 65 heavy (non-hydrogen) atoms. The molecule has 0 aliphatic carbocycles. The summed E-state index contributed by atoms with van der Waals surface area (Å²) >= 11 is 0. The first kappa shape index (κ1) is 54.8. The molecule has 0 atom stereocenters. The second-order valence-corrected chi connectivity index (χ2v) is 16.9. The number of aliphatic imine (C=N–C) groups is 2. The Morgan fingerprint density at radius 3 is 1.49 bits per heavy atom. The fourth-order valence-electron chi connectivity index (χ4n) is 5.43. The van der Waals surface area contributed by atoms with E-state index in [1.807, 2.05) is 0 Å². The van der Waals surface area contributed by atoms with Gasteiger partial charge in [-0.2, -0.15) is 40.6 Å². The maximum atomic E-state index is 12.5. The second kappa shape index (κ2) is 22.3. The van der Waals surface area contributed by atoms with E-state index in [2.05, 4.69) is 40.7 Å². The van der Waals surface area contributed by atoms with Crippen LogP contribution in [0.4, 0.5) is 51.2 Å². The van der Waals surface area contributed by atoms with E-state index in [-0.39, 0.29) is 129 Å². The molecule has 0 saturated carbocycles. The number of aliphatic hydroxyl groups is 2. The minimum Gasteiger partial charge on any atom is -0.508 e. The molecule has 28 heteroatoms. The molecular weight excluding hydrogens is 944 g/mol. The molecule has 0 aliphatic heterocycles. The smallest absolute Gasteiger partial charge is 0.296 e. The third kappa shape index (κ3) is 13.8. The van der Waals surface area contributed by atoms with Crippen LogP contribution >= 0.6 is 0 Å². The van der Waals surface area contributed by atoms with Gasteiger partial charge in [0.2, 0.25) is 5.90 Å². The first-order valence-corrected chi connectivity index (χ1v) is 21.4. The quantitative estimate of drug-likeness (QED) is 0.0144. The number of aliphatic hydroxyl groups excluding tert-OH is 2. The monoisotopic (exact) mass is 972 g/mol. The minimum atomic E-state index is -5.21. The Morgan fingerprint density at radius 2 is 0.985 bits per heavy atom. The van der Waals surface area contributed by atoms with E-state index in [0.717, 1.165) is 24.3 Å². The molecule has 22 nitrogen and oxygen atoms in total. The van der Waals surface area contributed by atoms with E-state index in [1.165, 1.54) is 49.4 Å². The summed E-state index contributed by atoms with van der Waals surface area (Å²) in [4.78, 5) is 5.55. The topological polar surface area (TPSA) is 369 Å². The molecule has 9 N–H and O–H groups in total. The largest absolute Gasteiger partial charge is 0.508 e. The molecular formula is C37H29N9Na3O13S3. The van der Waals surface area contributed by atoms with Crippen molar-refractivity contribution >= 4 is 193 Å². The van der Waals surface area contributed by atoms with E-state index in [0.29, 0.717) is 23.5 Å². The van der Waals surface area contributed by atoms with Crippen LogP contribution in [0.1, 0.15) is 12.5 Å². The molecule has 0 bridgehead atoms. The van der Waals surface area contributed by atoms with E-state index >= 15 is 0 Å². The molecule has 0 heterocycles. The Labute approximate surface area is 435 Å². The maximum Gasteiger partial charge on any atom is 0.296 e. The summed E-state index contributed by atoms with van der Waals surface area (Å²) in [5, 5.41) is 63.9. The molecule has 6 aromatic carbocycles. The number of hydrogen-bond acceptors (Lipinski definition) is 17. The summed E-state index contributed by atoms with van der Waals surface area (Å²) in [6.07, 6.45) is 0. The molecule has 6 aromatic rings. The summed E-state index contributed by atoms with van der Waals surface area (Å²) in [7, 11) is -14.9. The van der Waals surface area contributed by atoms with Crippen LogP contribution in [0.25, 0.3) is 10.8 Å². The van der Waals surface area contributed by atoms with Crippen LogP contribution in [-0.2, 0) is 30.4 Å². The van der Waals surface area contributed by atoms with Gasteiger partial charge in [0.05, 0.1) is 44.4 Å². The van der Waals surface area contributed by atoms with Crippen molar-refractivity contribution in [1.82, 2.24) is 0 Å². The van der Waals surface area contributed by atoms with Crippen LogP contribution in [0.5, 0.6) is 11.5 Å². The Bertz CT molecular complexity index is 3260. The standard InChI is InChI=1S/C37H29N9O13S3.3Na/c1-19(47)39-29-18-26(48)12-15-28(29)44-41-24-8-6-22(7-9-24)40-37(50)20-2-4-23(5-3-20)42-45-34-30(61(54,55)56)16-21-17-31(62(57,58)59)35(36(49)32(21)33(34)38)46-43-25-10-13-27(14-11-25)60(51,52)53;;;/h2-18,48-49H,38H2,1H3,(H,39,47)(H,40,50)(H,51,52,53)(H,54,55,56)(H,57,58,59);;;. The minimum absolute atomic E-state index is 0. The predicted octanol–water partition coefficient (Wildman–Crippen LogP) is 7.92. The van der Waals surface area contributed by atoms with E-state index in [4.69, 9.17) is 5.73 Å². The Balaban J connectivity index is 0.00000374. The molecule has 0 unspecified atom stereocenters. The fraction of sp³-hybridized carbons (Fsp3) is 0.0270. The number of phenolic OH excluding ortho intramolecular Hbond substituents is 2. The summed E-state index contributed by atoms with van der Waals surface area (Å²) in [5.74, 6) is -1.77. The second-order valence-electron chi connectivity index (χ2n) is 12.7. The Hall–Kier alpha value is -4.55. The van der Waals surface area contributed by atoms with E-state index < -0.39 is 84.5 Å². The third-order valence-electron chi connectivity index (χ3n) is 8.26. The van der Waals surface area contributed by atoms with Gasteiger partial charge in [0.1, 0.15) is 32.6 Å². The number of nitrogens with zero attached hydrogens (tertiary/aromatic N) is 8. The molecule has 0 fully saturated rings. The third-order valence-corrected chi connectivity index (χ3v) is 10.9. The fourth-order valence-corrected chi connectivity index (χ4v) is 7.24. The van der Waals surface area contributed by atoms with Crippen molar-refractivity contribution < 1.29 is 59.3 Å². The van der Waals surface area contributed by atoms with Gasteiger partial charge < -0.3 is 26.2 Å². The van der Waals surface area contributed by atoms with Crippen molar-refractivity contribution in [3.63, 3.8) is 0 Å². The van der Waals surface area contributed by atoms with Gasteiger partial charge in [-0.25, -0.2) is 9.98 Å². The van der Waals surface area contributed by atoms with Crippen molar-refractivity contribution in [2.24, 2.45) is 40.7 Å². The predicted molar refractivity (Wildman–Crippen MR) is 241 cm³/mol. The zero-order valence-electron chi connectivity index (χ0n) is 34.3. The summed E-state index contributed by atoms with van der Waals surface area (Å²) in [5.41, 5.74) is 5.41. The zero-order valence-corrected chi connectivity index (χ0v) is 42.7. The van der Waals surface area contributed by atoms with E-state index in [1.54, 1.807) is 24.3 Å². The normalized spacial score (nSPS) is 12.6. The van der Waals surface area contributed by atoms with Gasteiger partial charge in [-0.05, 0) is 102 Å². The summed E-state index contributed by atoms with van der Waals surface area (Å²) in [6.45, 7) is 1.36. The molecule has 0 aliphatic rings. The number of nitrogen functional groups attached to an aromatic ring is 1. The van der Waals surface area contributed by atoms with Crippen molar-refractivity contribution in [1.29, 1.82) is 0 Å². The van der Waals surface area contributed by atoms with Crippen LogP contribution in [0.3, 0.4) is 0 Å². The molecule has 0 aromatic heterocycles. The van der Waals surface area contributed by atoms with E-state index in [9.17, 15) is 59.3 Å². The molecule has 321 valence electrons. The number of phenols is 2. The number of anilines is 1. The maximum absolute atomic E-state index is 12.5. The Morgan fingerprint density at radius 1 is 0.523 bits per heavy atom. The van der Waals surface area contributed by atoms with Crippen LogP contribution in [-0.4, -0.2) is 160 Å². The van der Waals surface area contributed by atoms with Crippen molar-refractivity contribution in [3.8, 4) is 11.5 Å². The zero-order chi connectivity index (χ0) is 45.1. The van der Waals surface area contributed by atoms with Crippen LogP contribution in [0, 0.1) is 0 Å². The van der Waals surface area contributed by atoms with Gasteiger partial charge in [-0.3, -0.25) is 13.7 Å². The first-order valence-electron chi connectivity index (χ1n) is 17.0. The summed E-state index contributed by atoms with van der Waals surface area (Å²) in [6, 6.07) is 21.4. The van der Waals surface area contributed by atoms with Crippen molar-refractivity contribution in [2.45, 2.75) is 21.6 Å². The van der Waals surface area contributed by atoms with Gasteiger partial charge in [0.25, 0.3) is 30.4 Å². The number of azo groups is 3. The first-order chi connectivity index (χ1) is 29.1. The number of rotatable bonds is 12. The SMILES string of the molecule is CC(O)=Nc1cc(O)ccc1N=Nc1ccc(N=C(O)c2ccc(N=Nc3c(S(=O)(=O)O)cc4cc(S(=O)(=O)O)c(N=Nc5ccc(S(=O)(=O)O)cc5)c(O)c4c3N)cc2)cc1.[Na].[Na].[Na]. The molecule has 6 rings (SSSR count). The van der Waals surface area contributed by atoms with Gasteiger partial charge in [-0.1, -0.05) is 0 Å². The number of benzene rings is 6. The molecule has 0 amide bonds. The average molecular weight is 973 g/mol. The van der Waals surface area contributed by atoms with Gasteiger partial charge >= 0.3 is 0 Å². The number of fused-ring (bicyclic) bond motifs is 1. The van der Waals surface area contributed by atoms with Crippen LogP contribution in [0.15, 0.2) is 158 Å². The summed E-state index contributed by atoms with van der Waals surface area (Å²) < 4.78 is 102. The Kier molecular flexibility index (Phi) is 18.8. The number of hydrogen-bond donors (Lipinski definition) is 8.